The topological polar surface area (TPSA) is 80.3 Å². The molecule has 0 saturated carbocycles. The molecule has 0 radical (unpaired) electrons. The predicted octanol–water partition coefficient (Wildman–Crippen LogP) is 6.71. The monoisotopic (exact) mass is 525 g/mol. The van der Waals surface area contributed by atoms with Gasteiger partial charge >= 0.3 is 0 Å². The third-order valence-corrected chi connectivity index (χ3v) is 7.19. The van der Waals surface area contributed by atoms with Gasteiger partial charge in [0.1, 0.15) is 5.75 Å². The van der Waals surface area contributed by atoms with E-state index in [2.05, 4.69) is 39.9 Å². The number of benzene rings is 4. The molecular weight excluding hydrogens is 502 g/mol. The van der Waals surface area contributed by atoms with Crippen LogP contribution in [0, 0.1) is 0 Å². The van der Waals surface area contributed by atoms with E-state index < -0.39 is 0 Å². The second-order valence-corrected chi connectivity index (χ2v) is 10.0. The number of nitrogens with one attached hydrogen (secondary N) is 2. The van der Waals surface area contributed by atoms with Crippen LogP contribution in [0.3, 0.4) is 0 Å². The molecule has 184 valence electrons. The SMILES string of the molecule is O=C(COc1ccccc1)Nc1ccc(SCC(=O)Nc2nc(-c3ccc4ccccc4c3)cs2)cc1. The van der Waals surface area contributed by atoms with Crippen molar-refractivity contribution in [2.45, 2.75) is 4.90 Å². The van der Waals surface area contributed by atoms with Crippen LogP contribution in [0.5, 0.6) is 5.75 Å². The van der Waals surface area contributed by atoms with E-state index >= 15 is 0 Å². The lowest BCUT2D eigenvalue weighted by Crippen LogP contribution is -2.20. The molecule has 0 bridgehead atoms. The number of rotatable bonds is 9. The minimum Gasteiger partial charge on any atom is -0.484 e. The van der Waals surface area contributed by atoms with Gasteiger partial charge in [0, 0.05) is 21.5 Å². The fraction of sp³-hybridized carbons (Fsp3) is 0.0690. The van der Waals surface area contributed by atoms with Crippen molar-refractivity contribution in [1.29, 1.82) is 0 Å². The molecule has 0 fully saturated rings. The number of anilines is 2. The molecule has 37 heavy (non-hydrogen) atoms. The van der Waals surface area contributed by atoms with Crippen molar-refractivity contribution in [3.63, 3.8) is 0 Å². The third-order valence-electron chi connectivity index (χ3n) is 5.42. The van der Waals surface area contributed by atoms with Crippen molar-refractivity contribution in [2.75, 3.05) is 23.0 Å². The molecule has 1 aromatic heterocycles. The zero-order chi connectivity index (χ0) is 25.5. The number of nitrogens with zero attached hydrogens (tertiary/aromatic N) is 1. The molecular formula is C29H23N3O3S2. The van der Waals surface area contributed by atoms with Crippen LogP contribution >= 0.6 is 23.1 Å². The average Bonchev–Trinajstić information content (AvgIpc) is 3.40. The Morgan fingerprint density at radius 1 is 0.811 bits per heavy atom. The zero-order valence-electron chi connectivity index (χ0n) is 19.7. The van der Waals surface area contributed by atoms with Gasteiger partial charge in [0.05, 0.1) is 11.4 Å². The summed E-state index contributed by atoms with van der Waals surface area (Å²) < 4.78 is 5.46. The smallest absolute Gasteiger partial charge is 0.262 e. The highest BCUT2D eigenvalue weighted by molar-refractivity contribution is 8.00. The first-order chi connectivity index (χ1) is 18.1. The molecule has 6 nitrogen and oxygen atoms in total. The quantitative estimate of drug-likeness (QED) is 0.209. The van der Waals surface area contributed by atoms with Crippen molar-refractivity contribution in [3.8, 4) is 17.0 Å². The number of fused-ring (bicyclic) bond motifs is 1. The summed E-state index contributed by atoms with van der Waals surface area (Å²) in [6, 6.07) is 30.9. The molecule has 0 unspecified atom stereocenters. The van der Waals surface area contributed by atoms with Gasteiger partial charge in [-0.25, -0.2) is 4.98 Å². The van der Waals surface area contributed by atoms with Gasteiger partial charge in [-0.3, -0.25) is 9.59 Å². The maximum Gasteiger partial charge on any atom is 0.262 e. The standard InChI is InChI=1S/C29H23N3O3S2/c33-27(17-35-24-8-2-1-3-9-24)30-23-12-14-25(15-13-23)36-19-28(34)32-29-31-26(18-37-29)22-11-10-20-6-4-5-7-21(20)16-22/h1-16,18H,17,19H2,(H,30,33)(H,31,32,34). The molecule has 0 aliphatic carbocycles. The number of amides is 2. The lowest BCUT2D eigenvalue weighted by Gasteiger charge is -2.08. The maximum absolute atomic E-state index is 12.5. The Balaban J connectivity index is 1.09. The molecule has 5 rings (SSSR count). The van der Waals surface area contributed by atoms with E-state index in [4.69, 9.17) is 4.74 Å². The number of carbonyl (C=O) groups excluding carboxylic acids is 2. The molecule has 1 heterocycles. The van der Waals surface area contributed by atoms with Gasteiger partial charge in [0.25, 0.3) is 5.91 Å². The summed E-state index contributed by atoms with van der Waals surface area (Å²) in [6.07, 6.45) is 0. The van der Waals surface area contributed by atoms with Crippen molar-refractivity contribution in [2.24, 2.45) is 0 Å². The number of hydrogen-bond acceptors (Lipinski definition) is 6. The van der Waals surface area contributed by atoms with Gasteiger partial charge in [0.15, 0.2) is 11.7 Å². The third kappa shape index (κ3) is 6.75. The van der Waals surface area contributed by atoms with Crippen LogP contribution < -0.4 is 15.4 Å². The number of thiazole rings is 1. The van der Waals surface area contributed by atoms with E-state index in [1.54, 1.807) is 24.3 Å². The number of thioether (sulfide) groups is 1. The van der Waals surface area contributed by atoms with Gasteiger partial charge in [-0.05, 0) is 53.2 Å². The average molecular weight is 526 g/mol. The second kappa shape index (κ2) is 11.7. The summed E-state index contributed by atoms with van der Waals surface area (Å²) >= 11 is 2.82. The molecule has 5 aromatic rings. The molecule has 0 spiro atoms. The molecule has 0 aliphatic rings. The van der Waals surface area contributed by atoms with Gasteiger partial charge in [-0.15, -0.1) is 23.1 Å². The summed E-state index contributed by atoms with van der Waals surface area (Å²) in [4.78, 5) is 30.1. The fourth-order valence-electron chi connectivity index (χ4n) is 3.61. The van der Waals surface area contributed by atoms with Crippen LogP contribution in [0.4, 0.5) is 10.8 Å². The highest BCUT2D eigenvalue weighted by atomic mass is 32.2. The van der Waals surface area contributed by atoms with E-state index in [1.165, 1.54) is 28.5 Å². The van der Waals surface area contributed by atoms with Gasteiger partial charge in [-0.2, -0.15) is 0 Å². The number of aromatic nitrogens is 1. The minimum absolute atomic E-state index is 0.0694. The number of para-hydroxylation sites is 1. The first-order valence-electron chi connectivity index (χ1n) is 11.6. The van der Waals surface area contributed by atoms with E-state index in [1.807, 2.05) is 53.9 Å². The first kappa shape index (κ1) is 24.5. The van der Waals surface area contributed by atoms with Crippen LogP contribution in [0.1, 0.15) is 0 Å². The Morgan fingerprint density at radius 2 is 1.57 bits per heavy atom. The lowest BCUT2D eigenvalue weighted by atomic mass is 10.1. The lowest BCUT2D eigenvalue weighted by molar-refractivity contribution is -0.118. The molecule has 2 N–H and O–H groups in total. The summed E-state index contributed by atoms with van der Waals surface area (Å²) in [7, 11) is 0. The summed E-state index contributed by atoms with van der Waals surface area (Å²) in [5, 5.41) is 10.5. The summed E-state index contributed by atoms with van der Waals surface area (Å²) in [6.45, 7) is -0.0694. The number of ether oxygens (including phenoxy) is 1. The zero-order valence-corrected chi connectivity index (χ0v) is 21.4. The van der Waals surface area contributed by atoms with Crippen LogP contribution in [-0.2, 0) is 9.59 Å². The van der Waals surface area contributed by atoms with Crippen molar-refractivity contribution < 1.29 is 14.3 Å². The Hall–Kier alpha value is -4.14. The summed E-state index contributed by atoms with van der Waals surface area (Å²) in [5.41, 5.74) is 2.52. The van der Waals surface area contributed by atoms with Crippen molar-refractivity contribution >= 4 is 56.5 Å². The van der Waals surface area contributed by atoms with Crippen molar-refractivity contribution in [3.05, 3.63) is 102 Å². The molecule has 0 saturated heterocycles. The van der Waals surface area contributed by atoms with E-state index in [0.717, 1.165) is 21.5 Å². The van der Waals surface area contributed by atoms with Crippen LogP contribution in [0.25, 0.3) is 22.0 Å². The minimum atomic E-state index is -0.241. The van der Waals surface area contributed by atoms with Gasteiger partial charge in [-0.1, -0.05) is 54.6 Å². The van der Waals surface area contributed by atoms with E-state index in [0.29, 0.717) is 16.6 Å². The Morgan fingerprint density at radius 3 is 2.38 bits per heavy atom. The molecule has 0 aliphatic heterocycles. The highest BCUT2D eigenvalue weighted by Crippen LogP contribution is 2.28. The van der Waals surface area contributed by atoms with Gasteiger partial charge in [0.2, 0.25) is 5.91 Å². The second-order valence-electron chi connectivity index (χ2n) is 8.11. The molecule has 2 amide bonds. The van der Waals surface area contributed by atoms with Crippen LogP contribution in [-0.4, -0.2) is 29.2 Å². The van der Waals surface area contributed by atoms with Crippen LogP contribution in [0.15, 0.2) is 107 Å². The normalized spacial score (nSPS) is 10.7. The molecule has 0 atom stereocenters. The van der Waals surface area contributed by atoms with E-state index in [9.17, 15) is 9.59 Å². The largest absolute Gasteiger partial charge is 0.484 e. The highest BCUT2D eigenvalue weighted by Gasteiger charge is 2.10. The maximum atomic E-state index is 12.5. The number of hydrogen-bond donors (Lipinski definition) is 2. The Labute approximate surface area is 222 Å². The molecule has 4 aromatic carbocycles. The van der Waals surface area contributed by atoms with Gasteiger partial charge < -0.3 is 15.4 Å². The Kier molecular flexibility index (Phi) is 7.78. The first-order valence-corrected chi connectivity index (χ1v) is 13.4. The van der Waals surface area contributed by atoms with Crippen molar-refractivity contribution in [1.82, 2.24) is 4.98 Å². The molecule has 8 heteroatoms. The predicted molar refractivity (Wildman–Crippen MR) is 151 cm³/mol. The van der Waals surface area contributed by atoms with E-state index in [-0.39, 0.29) is 24.2 Å². The summed E-state index contributed by atoms with van der Waals surface area (Å²) in [5.74, 6) is 0.530. The fourth-order valence-corrected chi connectivity index (χ4v) is 5.05. The Bertz CT molecular complexity index is 1520. The van der Waals surface area contributed by atoms with Crippen LogP contribution in [0.2, 0.25) is 0 Å². The number of carbonyl (C=O) groups is 2.